The Balaban J connectivity index is 2.08. The van der Waals surface area contributed by atoms with Gasteiger partial charge in [-0.3, -0.25) is 18.7 Å². The van der Waals surface area contributed by atoms with Crippen LogP contribution < -0.4 is 16.6 Å². The fourth-order valence-electron chi connectivity index (χ4n) is 2.64. The molecule has 124 valence electrons. The fraction of sp³-hybridized carbons (Fsp3) is 0.562. The van der Waals surface area contributed by atoms with Gasteiger partial charge >= 0.3 is 5.69 Å². The quantitative estimate of drug-likeness (QED) is 0.872. The third-order valence-electron chi connectivity index (χ3n) is 4.10. The standard InChI is InChI=1S/C16H21N3O3S/c1-3-4-7-18-15-13(10(2)9-23-15)14(21)19(16(18)22)8-12(20)17-11-5-6-11/h9,11H,3-8H2,1-2H3,(H,17,20). The van der Waals surface area contributed by atoms with Crippen LogP contribution in [0.15, 0.2) is 15.0 Å². The van der Waals surface area contributed by atoms with Crippen molar-refractivity contribution in [3.05, 3.63) is 31.8 Å². The number of nitrogens with one attached hydrogen (secondary N) is 1. The molecule has 1 aliphatic rings. The van der Waals surface area contributed by atoms with Crippen molar-refractivity contribution < 1.29 is 4.79 Å². The lowest BCUT2D eigenvalue weighted by Gasteiger charge is -2.12. The van der Waals surface area contributed by atoms with Crippen molar-refractivity contribution in [2.24, 2.45) is 0 Å². The normalized spacial score (nSPS) is 14.3. The summed E-state index contributed by atoms with van der Waals surface area (Å²) in [5.41, 5.74) is 0.114. The zero-order chi connectivity index (χ0) is 16.6. The van der Waals surface area contributed by atoms with E-state index >= 15 is 0 Å². The lowest BCUT2D eigenvalue weighted by Crippen LogP contribution is -2.44. The molecular weight excluding hydrogens is 314 g/mol. The summed E-state index contributed by atoms with van der Waals surface area (Å²) in [6.45, 7) is 4.28. The van der Waals surface area contributed by atoms with Crippen LogP contribution >= 0.6 is 11.3 Å². The van der Waals surface area contributed by atoms with Crippen molar-refractivity contribution >= 4 is 27.5 Å². The van der Waals surface area contributed by atoms with Crippen molar-refractivity contribution in [1.29, 1.82) is 0 Å². The van der Waals surface area contributed by atoms with Crippen molar-refractivity contribution in [1.82, 2.24) is 14.5 Å². The molecule has 23 heavy (non-hydrogen) atoms. The first-order chi connectivity index (χ1) is 11.0. The van der Waals surface area contributed by atoms with Crippen molar-refractivity contribution in [3.63, 3.8) is 0 Å². The topological polar surface area (TPSA) is 73.1 Å². The maximum absolute atomic E-state index is 12.7. The first kappa shape index (κ1) is 16.0. The number of carbonyl (C=O) groups is 1. The summed E-state index contributed by atoms with van der Waals surface area (Å²) in [7, 11) is 0. The molecule has 1 saturated carbocycles. The average molecular weight is 335 g/mol. The maximum Gasteiger partial charge on any atom is 0.332 e. The van der Waals surface area contributed by atoms with Gasteiger partial charge in [-0.05, 0) is 37.1 Å². The van der Waals surface area contributed by atoms with E-state index in [-0.39, 0.29) is 29.7 Å². The molecular formula is C16H21N3O3S. The smallest absolute Gasteiger partial charge is 0.332 e. The first-order valence-electron chi connectivity index (χ1n) is 8.03. The van der Waals surface area contributed by atoms with Crippen molar-refractivity contribution in [2.45, 2.75) is 58.7 Å². The van der Waals surface area contributed by atoms with Crippen LogP contribution in [-0.2, 0) is 17.9 Å². The number of nitrogens with zero attached hydrogens (tertiary/aromatic N) is 2. The third-order valence-corrected chi connectivity index (χ3v) is 5.22. The van der Waals surface area contributed by atoms with Crippen molar-refractivity contribution in [3.8, 4) is 0 Å². The SMILES string of the molecule is CCCCn1c(=O)n(CC(=O)NC2CC2)c(=O)c2c(C)csc21. The molecule has 0 atom stereocenters. The third kappa shape index (κ3) is 3.10. The van der Waals surface area contributed by atoms with E-state index in [1.807, 2.05) is 12.3 Å². The predicted molar refractivity (Wildman–Crippen MR) is 91.2 cm³/mol. The number of fused-ring (bicyclic) bond motifs is 1. The second-order valence-electron chi connectivity index (χ2n) is 6.12. The minimum absolute atomic E-state index is 0.203. The number of aromatic nitrogens is 2. The Kier molecular flexibility index (Phi) is 4.39. The summed E-state index contributed by atoms with van der Waals surface area (Å²) in [5, 5.41) is 5.28. The van der Waals surface area contributed by atoms with E-state index < -0.39 is 0 Å². The van der Waals surface area contributed by atoms with Gasteiger partial charge in [0.05, 0.1) is 5.39 Å². The van der Waals surface area contributed by atoms with Crippen LogP contribution in [0.2, 0.25) is 0 Å². The van der Waals surface area contributed by atoms with E-state index in [1.54, 1.807) is 4.57 Å². The molecule has 0 spiro atoms. The second kappa shape index (κ2) is 6.31. The van der Waals surface area contributed by atoms with Gasteiger partial charge in [-0.15, -0.1) is 11.3 Å². The molecule has 0 radical (unpaired) electrons. The Hall–Kier alpha value is -1.89. The monoisotopic (exact) mass is 335 g/mol. The van der Waals surface area contributed by atoms with Crippen LogP contribution in [0.25, 0.3) is 10.2 Å². The number of aryl methyl sites for hydroxylation is 2. The van der Waals surface area contributed by atoms with E-state index in [4.69, 9.17) is 0 Å². The van der Waals surface area contributed by atoms with Gasteiger partial charge in [-0.2, -0.15) is 0 Å². The number of hydrogen-bond donors (Lipinski definition) is 1. The van der Waals surface area contributed by atoms with E-state index in [0.717, 1.165) is 35.8 Å². The molecule has 1 amide bonds. The number of hydrogen-bond acceptors (Lipinski definition) is 4. The van der Waals surface area contributed by atoms with Crippen LogP contribution in [0.4, 0.5) is 0 Å². The van der Waals surface area contributed by atoms with Crippen molar-refractivity contribution in [2.75, 3.05) is 0 Å². The Morgan fingerprint density at radius 1 is 1.35 bits per heavy atom. The molecule has 0 aromatic carbocycles. The zero-order valence-electron chi connectivity index (χ0n) is 13.4. The number of amides is 1. The molecule has 2 aromatic rings. The van der Waals surface area contributed by atoms with E-state index in [0.29, 0.717) is 16.8 Å². The Morgan fingerprint density at radius 2 is 2.09 bits per heavy atom. The summed E-state index contributed by atoms with van der Waals surface area (Å²) >= 11 is 1.42. The zero-order valence-corrected chi connectivity index (χ0v) is 14.2. The van der Waals surface area contributed by atoms with Gasteiger partial charge in [0, 0.05) is 12.6 Å². The average Bonchev–Trinajstić information content (AvgIpc) is 3.24. The van der Waals surface area contributed by atoms with E-state index in [2.05, 4.69) is 12.2 Å². The summed E-state index contributed by atoms with van der Waals surface area (Å²) < 4.78 is 2.72. The molecule has 3 rings (SSSR count). The highest BCUT2D eigenvalue weighted by atomic mass is 32.1. The number of rotatable bonds is 6. The van der Waals surface area contributed by atoms with Crippen LogP contribution in [0.5, 0.6) is 0 Å². The van der Waals surface area contributed by atoms with Crippen LogP contribution in [0.3, 0.4) is 0 Å². The minimum Gasteiger partial charge on any atom is -0.352 e. The van der Waals surface area contributed by atoms with Gasteiger partial charge in [0.2, 0.25) is 5.91 Å². The van der Waals surface area contributed by atoms with Gasteiger partial charge in [0.1, 0.15) is 11.4 Å². The van der Waals surface area contributed by atoms with Gasteiger partial charge < -0.3 is 5.32 Å². The minimum atomic E-state index is -0.385. The molecule has 2 heterocycles. The summed E-state index contributed by atoms with van der Waals surface area (Å²) in [6.07, 6.45) is 3.77. The highest BCUT2D eigenvalue weighted by molar-refractivity contribution is 7.17. The fourth-order valence-corrected chi connectivity index (χ4v) is 3.71. The van der Waals surface area contributed by atoms with Gasteiger partial charge in [0.25, 0.3) is 5.56 Å². The Labute approximate surface area is 137 Å². The molecule has 0 unspecified atom stereocenters. The summed E-state index contributed by atoms with van der Waals surface area (Å²) in [4.78, 5) is 38.1. The van der Waals surface area contributed by atoms with Gasteiger partial charge in [-0.1, -0.05) is 13.3 Å². The van der Waals surface area contributed by atoms with Gasteiger partial charge in [-0.25, -0.2) is 4.79 Å². The number of carbonyl (C=O) groups excluding carboxylic acids is 1. The lowest BCUT2D eigenvalue weighted by atomic mass is 10.2. The molecule has 1 fully saturated rings. The second-order valence-corrected chi connectivity index (χ2v) is 6.98. The number of unbranched alkanes of at least 4 members (excludes halogenated alkanes) is 1. The molecule has 1 aliphatic carbocycles. The molecule has 7 heteroatoms. The van der Waals surface area contributed by atoms with Crippen LogP contribution in [0.1, 0.15) is 38.2 Å². The molecule has 0 aliphatic heterocycles. The van der Waals surface area contributed by atoms with Gasteiger partial charge in [0.15, 0.2) is 0 Å². The van der Waals surface area contributed by atoms with E-state index in [9.17, 15) is 14.4 Å². The largest absolute Gasteiger partial charge is 0.352 e. The van der Waals surface area contributed by atoms with Crippen LogP contribution in [-0.4, -0.2) is 21.1 Å². The molecule has 6 nitrogen and oxygen atoms in total. The lowest BCUT2D eigenvalue weighted by molar-refractivity contribution is -0.121. The van der Waals surface area contributed by atoms with Crippen LogP contribution in [0, 0.1) is 6.92 Å². The Morgan fingerprint density at radius 3 is 2.74 bits per heavy atom. The predicted octanol–water partition coefficient (Wildman–Crippen LogP) is 1.61. The highest BCUT2D eigenvalue weighted by Gasteiger charge is 2.24. The molecule has 1 N–H and O–H groups in total. The summed E-state index contributed by atoms with van der Waals surface area (Å²) in [6, 6.07) is 0.215. The first-order valence-corrected chi connectivity index (χ1v) is 8.91. The molecule has 2 aromatic heterocycles. The highest BCUT2D eigenvalue weighted by Crippen LogP contribution is 2.21. The van der Waals surface area contributed by atoms with E-state index in [1.165, 1.54) is 11.3 Å². The molecule has 0 bridgehead atoms. The molecule has 0 saturated heterocycles. The number of thiophene rings is 1. The Bertz CT molecular complexity index is 858. The maximum atomic E-state index is 12.7. The summed E-state index contributed by atoms with van der Waals surface area (Å²) in [5.74, 6) is -0.263.